The fourth-order valence-corrected chi connectivity index (χ4v) is 2.43. The quantitative estimate of drug-likeness (QED) is 0.847. The normalized spacial score (nSPS) is 10.8. The lowest BCUT2D eigenvalue weighted by atomic mass is 10.1. The number of ether oxygens (including phenoxy) is 1. The van der Waals surface area contributed by atoms with Gasteiger partial charge in [-0.2, -0.15) is 0 Å². The molecule has 1 aromatic heterocycles. The first-order valence-electron chi connectivity index (χ1n) is 6.79. The summed E-state index contributed by atoms with van der Waals surface area (Å²) in [7, 11) is 1.67. The molecular formula is C16H20N2OS. The summed E-state index contributed by atoms with van der Waals surface area (Å²) in [6.07, 6.45) is 1.71. The zero-order valence-corrected chi connectivity index (χ0v) is 13.0. The van der Waals surface area contributed by atoms with Crippen LogP contribution in [0.15, 0.2) is 30.3 Å². The number of hydrogen-bond acceptors (Lipinski definition) is 3. The Kier molecular flexibility index (Phi) is 4.90. The third-order valence-corrected chi connectivity index (χ3v) is 3.19. The van der Waals surface area contributed by atoms with E-state index in [1.807, 2.05) is 24.3 Å². The first-order chi connectivity index (χ1) is 9.56. The smallest absolute Gasteiger partial charge is 0.130 e. The highest BCUT2D eigenvalue weighted by molar-refractivity contribution is 7.71. The molecule has 106 valence electrons. The molecule has 3 nitrogen and oxygen atoms in total. The lowest BCUT2D eigenvalue weighted by Crippen LogP contribution is -2.04. The predicted octanol–water partition coefficient (Wildman–Crippen LogP) is 3.94. The number of rotatable bonds is 5. The van der Waals surface area contributed by atoms with Crippen molar-refractivity contribution in [1.29, 1.82) is 0 Å². The monoisotopic (exact) mass is 288 g/mol. The molecule has 0 atom stereocenters. The van der Waals surface area contributed by atoms with Crippen LogP contribution in [-0.4, -0.2) is 17.1 Å². The zero-order chi connectivity index (χ0) is 14.5. The maximum Gasteiger partial charge on any atom is 0.130 e. The van der Waals surface area contributed by atoms with Gasteiger partial charge in [-0.25, -0.2) is 4.98 Å². The Hall–Kier alpha value is -1.68. The molecule has 20 heavy (non-hydrogen) atoms. The lowest BCUT2D eigenvalue weighted by Gasteiger charge is -2.09. The van der Waals surface area contributed by atoms with Crippen LogP contribution >= 0.6 is 12.2 Å². The van der Waals surface area contributed by atoms with Crippen LogP contribution in [0.25, 0.3) is 0 Å². The van der Waals surface area contributed by atoms with Crippen molar-refractivity contribution >= 4 is 12.2 Å². The fourth-order valence-electron chi connectivity index (χ4n) is 2.17. The van der Waals surface area contributed by atoms with Gasteiger partial charge in [-0.05, 0) is 36.1 Å². The second kappa shape index (κ2) is 6.66. The van der Waals surface area contributed by atoms with E-state index < -0.39 is 0 Å². The summed E-state index contributed by atoms with van der Waals surface area (Å²) < 4.78 is 5.89. The first-order valence-corrected chi connectivity index (χ1v) is 7.19. The molecule has 0 aliphatic carbocycles. The van der Waals surface area contributed by atoms with Gasteiger partial charge in [0.2, 0.25) is 0 Å². The van der Waals surface area contributed by atoms with Crippen molar-refractivity contribution in [3.05, 3.63) is 52.1 Å². The SMILES string of the molecule is COc1cccc(Cc2nc(=S)cc(CC(C)C)[nH]2)c1. The number of methoxy groups -OCH3 is 1. The van der Waals surface area contributed by atoms with E-state index in [9.17, 15) is 0 Å². The van der Waals surface area contributed by atoms with E-state index in [0.29, 0.717) is 10.6 Å². The number of aromatic amines is 1. The number of benzene rings is 1. The molecule has 4 heteroatoms. The molecule has 0 saturated heterocycles. The molecule has 1 aromatic carbocycles. The van der Waals surface area contributed by atoms with E-state index >= 15 is 0 Å². The van der Waals surface area contributed by atoms with Crippen LogP contribution in [0, 0.1) is 10.6 Å². The van der Waals surface area contributed by atoms with Crippen LogP contribution in [0.1, 0.15) is 30.9 Å². The van der Waals surface area contributed by atoms with Gasteiger partial charge in [-0.3, -0.25) is 0 Å². The van der Waals surface area contributed by atoms with E-state index in [1.54, 1.807) is 7.11 Å². The minimum Gasteiger partial charge on any atom is -0.497 e. The molecule has 2 rings (SSSR count). The fraction of sp³-hybridized carbons (Fsp3) is 0.375. The molecule has 0 bridgehead atoms. The maximum absolute atomic E-state index is 5.25. The second-order valence-corrected chi connectivity index (χ2v) is 5.74. The average Bonchev–Trinajstić information content (AvgIpc) is 2.37. The van der Waals surface area contributed by atoms with Crippen molar-refractivity contribution in [2.45, 2.75) is 26.7 Å². The molecule has 0 amide bonds. The second-order valence-electron chi connectivity index (χ2n) is 5.32. The van der Waals surface area contributed by atoms with E-state index in [0.717, 1.165) is 35.7 Å². The first kappa shape index (κ1) is 14.7. The van der Waals surface area contributed by atoms with Gasteiger partial charge >= 0.3 is 0 Å². The largest absolute Gasteiger partial charge is 0.497 e. The van der Waals surface area contributed by atoms with Crippen LogP contribution in [0.5, 0.6) is 5.75 Å². The Morgan fingerprint density at radius 3 is 2.80 bits per heavy atom. The number of hydrogen-bond donors (Lipinski definition) is 1. The Balaban J connectivity index is 2.24. The zero-order valence-electron chi connectivity index (χ0n) is 12.1. The molecule has 0 unspecified atom stereocenters. The Morgan fingerprint density at radius 2 is 2.10 bits per heavy atom. The highest BCUT2D eigenvalue weighted by atomic mass is 32.1. The van der Waals surface area contributed by atoms with Crippen LogP contribution in [-0.2, 0) is 12.8 Å². The summed E-state index contributed by atoms with van der Waals surface area (Å²) in [4.78, 5) is 7.79. The molecule has 0 aliphatic heterocycles. The lowest BCUT2D eigenvalue weighted by molar-refractivity contribution is 0.414. The third kappa shape index (κ3) is 4.17. The Labute approximate surface area is 125 Å². The van der Waals surface area contributed by atoms with Gasteiger partial charge in [-0.1, -0.05) is 38.2 Å². The highest BCUT2D eigenvalue weighted by Gasteiger charge is 2.04. The molecule has 0 radical (unpaired) electrons. The predicted molar refractivity (Wildman–Crippen MR) is 83.8 cm³/mol. The summed E-state index contributed by atoms with van der Waals surface area (Å²) >= 11 is 5.25. The van der Waals surface area contributed by atoms with Crippen LogP contribution in [0.4, 0.5) is 0 Å². The molecule has 2 aromatic rings. The number of aromatic nitrogens is 2. The van der Waals surface area contributed by atoms with Crippen molar-refractivity contribution in [1.82, 2.24) is 9.97 Å². The molecule has 0 fully saturated rings. The summed E-state index contributed by atoms with van der Waals surface area (Å²) in [6.45, 7) is 4.39. The van der Waals surface area contributed by atoms with Gasteiger partial charge in [0.25, 0.3) is 0 Å². The molecule has 1 N–H and O–H groups in total. The van der Waals surface area contributed by atoms with Crippen molar-refractivity contribution in [2.75, 3.05) is 7.11 Å². The van der Waals surface area contributed by atoms with Crippen LogP contribution in [0.3, 0.4) is 0 Å². The van der Waals surface area contributed by atoms with Gasteiger partial charge in [0.15, 0.2) is 0 Å². The summed E-state index contributed by atoms with van der Waals surface area (Å²) in [5.74, 6) is 2.36. The topological polar surface area (TPSA) is 37.9 Å². The van der Waals surface area contributed by atoms with Gasteiger partial charge in [0, 0.05) is 12.1 Å². The molecule has 0 aliphatic rings. The summed E-state index contributed by atoms with van der Waals surface area (Å²) in [5, 5.41) is 0. The van der Waals surface area contributed by atoms with E-state index in [1.165, 1.54) is 0 Å². The van der Waals surface area contributed by atoms with Crippen molar-refractivity contribution in [2.24, 2.45) is 5.92 Å². The van der Waals surface area contributed by atoms with Gasteiger partial charge in [0.1, 0.15) is 16.2 Å². The average molecular weight is 288 g/mol. The minimum atomic E-state index is 0.590. The van der Waals surface area contributed by atoms with Crippen molar-refractivity contribution < 1.29 is 4.74 Å². The third-order valence-electron chi connectivity index (χ3n) is 2.98. The number of nitrogens with zero attached hydrogens (tertiary/aromatic N) is 1. The van der Waals surface area contributed by atoms with Gasteiger partial charge in [0.05, 0.1) is 7.11 Å². The van der Waals surface area contributed by atoms with Gasteiger partial charge in [-0.15, -0.1) is 0 Å². The Bertz CT molecular complexity index is 634. The molecule has 0 saturated carbocycles. The van der Waals surface area contributed by atoms with E-state index in [2.05, 4.69) is 29.9 Å². The molecule has 0 spiro atoms. The summed E-state index contributed by atoms with van der Waals surface area (Å²) in [6, 6.07) is 9.96. The van der Waals surface area contributed by atoms with Crippen LogP contribution in [0.2, 0.25) is 0 Å². The number of H-pyrrole nitrogens is 1. The Morgan fingerprint density at radius 1 is 1.30 bits per heavy atom. The van der Waals surface area contributed by atoms with Crippen molar-refractivity contribution in [3.8, 4) is 5.75 Å². The highest BCUT2D eigenvalue weighted by Crippen LogP contribution is 2.15. The van der Waals surface area contributed by atoms with E-state index in [-0.39, 0.29) is 0 Å². The molecular weight excluding hydrogens is 268 g/mol. The van der Waals surface area contributed by atoms with Crippen molar-refractivity contribution in [3.63, 3.8) is 0 Å². The van der Waals surface area contributed by atoms with Gasteiger partial charge < -0.3 is 9.72 Å². The maximum atomic E-state index is 5.25. The molecule has 1 heterocycles. The minimum absolute atomic E-state index is 0.590. The standard InChI is InChI=1S/C16H20N2OS/c1-11(2)7-13-10-16(20)18-15(17-13)9-12-5-4-6-14(8-12)19-3/h4-6,8,10-11H,7,9H2,1-3H3,(H,17,18,20). The van der Waals surface area contributed by atoms with Crippen LogP contribution < -0.4 is 4.74 Å². The summed E-state index contributed by atoms with van der Waals surface area (Å²) in [5.41, 5.74) is 2.31. The number of nitrogens with one attached hydrogen (secondary N) is 1. The van der Waals surface area contributed by atoms with E-state index in [4.69, 9.17) is 17.0 Å².